The third-order valence-corrected chi connectivity index (χ3v) is 4.40. The quantitative estimate of drug-likeness (QED) is 0.593. The maximum absolute atomic E-state index is 12.9. The molecule has 2 aromatic carbocycles. The van der Waals surface area contributed by atoms with E-state index in [2.05, 4.69) is 5.32 Å². The van der Waals surface area contributed by atoms with Gasteiger partial charge in [-0.25, -0.2) is 9.69 Å². The fraction of sp³-hybridized carbons (Fsp3) is 0.182. The number of aliphatic carboxylic acids is 1. The molecule has 30 heavy (non-hydrogen) atoms. The standard InChI is InChI=1S/C22H20N2O6/c1-12-8-13(2)10-16(9-12)24-20(26)18(19(25)23-22(24)29)11-15-4-6-17(7-5-15)30-14(3)21(27)28/h4-11,14H,1-3H3,(H,27,28)(H,23,25,29)/p-1/b18-11-/t14-/m0/s1. The summed E-state index contributed by atoms with van der Waals surface area (Å²) in [5, 5.41) is 12.9. The first-order valence-corrected chi connectivity index (χ1v) is 9.13. The number of barbiturate groups is 1. The van der Waals surface area contributed by atoms with E-state index in [0.29, 0.717) is 17.0 Å². The SMILES string of the molecule is Cc1cc(C)cc(N2C(=O)NC(=O)/C(=C/c3ccc(O[C@@H](C)C(=O)[O-])cc3)C2=O)c1. The number of benzene rings is 2. The Labute approximate surface area is 172 Å². The van der Waals surface area contributed by atoms with Gasteiger partial charge in [-0.2, -0.15) is 0 Å². The maximum atomic E-state index is 12.9. The first-order valence-electron chi connectivity index (χ1n) is 9.13. The lowest BCUT2D eigenvalue weighted by atomic mass is 10.1. The molecule has 1 aliphatic heterocycles. The zero-order valence-electron chi connectivity index (χ0n) is 16.6. The van der Waals surface area contributed by atoms with Crippen LogP contribution in [0.4, 0.5) is 10.5 Å². The van der Waals surface area contributed by atoms with Crippen LogP contribution in [0.2, 0.25) is 0 Å². The molecular formula is C22H19N2O6-. The number of carbonyl (C=O) groups is 4. The number of nitrogens with zero attached hydrogens (tertiary/aromatic N) is 1. The lowest BCUT2D eigenvalue weighted by Gasteiger charge is -2.27. The van der Waals surface area contributed by atoms with E-state index in [1.54, 1.807) is 24.3 Å². The number of amides is 4. The summed E-state index contributed by atoms with van der Waals surface area (Å²) in [5.41, 5.74) is 2.40. The number of aryl methyl sites for hydroxylation is 2. The van der Waals surface area contributed by atoms with Crippen molar-refractivity contribution in [1.29, 1.82) is 0 Å². The minimum atomic E-state index is -1.35. The second-order valence-corrected chi connectivity index (χ2v) is 6.95. The van der Waals surface area contributed by atoms with E-state index in [4.69, 9.17) is 4.74 Å². The number of nitrogens with one attached hydrogen (secondary N) is 1. The molecule has 0 saturated carbocycles. The largest absolute Gasteiger partial charge is 0.546 e. The van der Waals surface area contributed by atoms with Crippen LogP contribution in [-0.2, 0) is 14.4 Å². The number of carboxylic acid groups (broad SMARTS) is 1. The molecule has 8 heteroatoms. The number of imide groups is 2. The Bertz CT molecular complexity index is 1050. The fourth-order valence-electron chi connectivity index (χ4n) is 3.03. The predicted molar refractivity (Wildman–Crippen MR) is 106 cm³/mol. The summed E-state index contributed by atoms with van der Waals surface area (Å²) in [4.78, 5) is 49.2. The molecule has 1 atom stereocenters. The summed E-state index contributed by atoms with van der Waals surface area (Å²) < 4.78 is 5.19. The Balaban J connectivity index is 1.90. The molecule has 2 aromatic rings. The van der Waals surface area contributed by atoms with Crippen LogP contribution in [0.25, 0.3) is 6.08 Å². The van der Waals surface area contributed by atoms with Crippen LogP contribution in [-0.4, -0.2) is 29.9 Å². The van der Waals surface area contributed by atoms with Gasteiger partial charge >= 0.3 is 6.03 Å². The molecule has 0 radical (unpaired) electrons. The topological polar surface area (TPSA) is 116 Å². The number of carboxylic acids is 1. The van der Waals surface area contributed by atoms with Gasteiger partial charge in [-0.15, -0.1) is 0 Å². The van der Waals surface area contributed by atoms with Gasteiger partial charge in [0.2, 0.25) is 0 Å². The summed E-state index contributed by atoms with van der Waals surface area (Å²) in [5.74, 6) is -2.58. The molecular weight excluding hydrogens is 388 g/mol. The van der Waals surface area contributed by atoms with Crippen LogP contribution in [0.1, 0.15) is 23.6 Å². The summed E-state index contributed by atoms with van der Waals surface area (Å²) in [6.45, 7) is 5.03. The smallest absolute Gasteiger partial charge is 0.335 e. The molecule has 8 nitrogen and oxygen atoms in total. The van der Waals surface area contributed by atoms with E-state index < -0.39 is 29.9 Å². The molecule has 1 N–H and O–H groups in total. The number of anilines is 1. The molecule has 1 heterocycles. The number of ether oxygens (including phenoxy) is 1. The van der Waals surface area contributed by atoms with E-state index in [-0.39, 0.29) is 5.57 Å². The van der Waals surface area contributed by atoms with Gasteiger partial charge in [0.25, 0.3) is 11.8 Å². The van der Waals surface area contributed by atoms with Gasteiger partial charge in [-0.3, -0.25) is 14.9 Å². The van der Waals surface area contributed by atoms with E-state index in [1.807, 2.05) is 19.9 Å². The van der Waals surface area contributed by atoms with Crippen molar-refractivity contribution in [1.82, 2.24) is 5.32 Å². The van der Waals surface area contributed by atoms with Crippen LogP contribution in [0.5, 0.6) is 5.75 Å². The highest BCUT2D eigenvalue weighted by molar-refractivity contribution is 6.39. The molecule has 0 spiro atoms. The van der Waals surface area contributed by atoms with E-state index >= 15 is 0 Å². The Hall–Kier alpha value is -3.94. The lowest BCUT2D eigenvalue weighted by Crippen LogP contribution is -2.54. The molecule has 4 amide bonds. The number of rotatable bonds is 5. The number of urea groups is 1. The summed E-state index contributed by atoms with van der Waals surface area (Å²) in [6, 6.07) is 10.6. The normalized spacial score (nSPS) is 16.4. The first kappa shape index (κ1) is 20.8. The number of hydrogen-bond acceptors (Lipinski definition) is 6. The highest BCUT2D eigenvalue weighted by atomic mass is 16.5. The van der Waals surface area contributed by atoms with Crippen molar-refractivity contribution in [2.75, 3.05) is 4.90 Å². The van der Waals surface area contributed by atoms with Crippen LogP contribution in [0.3, 0.4) is 0 Å². The second-order valence-electron chi connectivity index (χ2n) is 6.95. The third kappa shape index (κ3) is 4.38. The van der Waals surface area contributed by atoms with Gasteiger partial charge in [0.15, 0.2) is 0 Å². The minimum absolute atomic E-state index is 0.203. The minimum Gasteiger partial charge on any atom is -0.546 e. The van der Waals surface area contributed by atoms with Gasteiger partial charge in [0, 0.05) is 0 Å². The molecule has 0 aliphatic carbocycles. The Morgan fingerprint density at radius 1 is 1.07 bits per heavy atom. The van der Waals surface area contributed by atoms with Gasteiger partial charge in [0.05, 0.1) is 11.7 Å². The lowest BCUT2D eigenvalue weighted by molar-refractivity contribution is -0.312. The molecule has 1 fully saturated rings. The monoisotopic (exact) mass is 407 g/mol. The second kappa shape index (κ2) is 8.20. The van der Waals surface area contributed by atoms with E-state index in [9.17, 15) is 24.3 Å². The molecule has 0 bridgehead atoms. The zero-order valence-corrected chi connectivity index (χ0v) is 16.6. The molecule has 0 unspecified atom stereocenters. The van der Waals surface area contributed by atoms with Crippen molar-refractivity contribution >= 4 is 35.6 Å². The highest BCUT2D eigenvalue weighted by Crippen LogP contribution is 2.24. The van der Waals surface area contributed by atoms with Crippen molar-refractivity contribution in [3.8, 4) is 5.75 Å². The Morgan fingerprint density at radius 3 is 2.23 bits per heavy atom. The molecule has 1 saturated heterocycles. The van der Waals surface area contributed by atoms with Crippen LogP contribution in [0, 0.1) is 13.8 Å². The fourth-order valence-corrected chi connectivity index (χ4v) is 3.03. The van der Waals surface area contributed by atoms with Crippen molar-refractivity contribution in [3.63, 3.8) is 0 Å². The van der Waals surface area contributed by atoms with Gasteiger partial charge < -0.3 is 14.6 Å². The third-order valence-electron chi connectivity index (χ3n) is 4.40. The average Bonchev–Trinajstić information content (AvgIpc) is 2.65. The van der Waals surface area contributed by atoms with Crippen LogP contribution < -0.4 is 20.1 Å². The Morgan fingerprint density at radius 2 is 1.67 bits per heavy atom. The Kier molecular flexibility index (Phi) is 5.68. The number of hydrogen-bond donors (Lipinski definition) is 1. The summed E-state index contributed by atoms with van der Waals surface area (Å²) >= 11 is 0. The van der Waals surface area contributed by atoms with Crippen molar-refractivity contribution in [2.45, 2.75) is 26.9 Å². The molecule has 1 aliphatic rings. The highest BCUT2D eigenvalue weighted by Gasteiger charge is 2.36. The van der Waals surface area contributed by atoms with Crippen LogP contribution in [0.15, 0.2) is 48.0 Å². The molecule has 3 rings (SSSR count). The van der Waals surface area contributed by atoms with Crippen molar-refractivity contribution in [2.24, 2.45) is 0 Å². The summed E-state index contributed by atoms with van der Waals surface area (Å²) in [6.07, 6.45) is 0.225. The predicted octanol–water partition coefficient (Wildman–Crippen LogP) is 1.49. The number of carbonyl (C=O) groups excluding carboxylic acids is 4. The maximum Gasteiger partial charge on any atom is 0.335 e. The van der Waals surface area contributed by atoms with Gasteiger partial charge in [0.1, 0.15) is 17.4 Å². The molecule has 0 aromatic heterocycles. The summed E-state index contributed by atoms with van der Waals surface area (Å²) in [7, 11) is 0. The molecule has 154 valence electrons. The van der Waals surface area contributed by atoms with Gasteiger partial charge in [-0.05, 0) is 67.8 Å². The zero-order chi connectivity index (χ0) is 22.0. The van der Waals surface area contributed by atoms with Crippen molar-refractivity contribution < 1.29 is 29.0 Å². The first-order chi connectivity index (χ1) is 14.2. The van der Waals surface area contributed by atoms with E-state index in [1.165, 1.54) is 25.1 Å². The van der Waals surface area contributed by atoms with Crippen LogP contribution >= 0.6 is 0 Å². The average molecular weight is 407 g/mol. The van der Waals surface area contributed by atoms with E-state index in [0.717, 1.165) is 16.0 Å². The van der Waals surface area contributed by atoms with Gasteiger partial charge in [-0.1, -0.05) is 18.2 Å². The van der Waals surface area contributed by atoms with Crippen molar-refractivity contribution in [3.05, 3.63) is 64.7 Å².